The number of imide groups is 1. The van der Waals surface area contributed by atoms with Gasteiger partial charge in [0.2, 0.25) is 0 Å². The van der Waals surface area contributed by atoms with Crippen molar-refractivity contribution in [3.8, 4) is 0 Å². The number of hydrogen-bond acceptors (Lipinski definition) is 2. The highest BCUT2D eigenvalue weighted by atomic mass is 79.9. The van der Waals surface area contributed by atoms with Gasteiger partial charge in [-0.1, -0.05) is 23.7 Å². The molecule has 25 heavy (non-hydrogen) atoms. The fraction of sp³-hybridized carbons (Fsp3) is 0.0667. The van der Waals surface area contributed by atoms with Crippen LogP contribution < -0.4 is 10.6 Å². The highest BCUT2D eigenvalue weighted by Crippen LogP contribution is 2.39. The van der Waals surface area contributed by atoms with E-state index in [0.717, 1.165) is 18.2 Å². The van der Waals surface area contributed by atoms with E-state index in [4.69, 9.17) is 11.6 Å². The number of rotatable bonds is 2. The summed E-state index contributed by atoms with van der Waals surface area (Å²) < 4.78 is 52.1. The Balaban J connectivity index is 2.18. The van der Waals surface area contributed by atoms with Crippen LogP contribution in [-0.4, -0.2) is 11.9 Å². The van der Waals surface area contributed by atoms with Crippen molar-refractivity contribution in [3.05, 3.63) is 62.8 Å². The fourth-order valence-electron chi connectivity index (χ4n) is 1.83. The smallest absolute Gasteiger partial charge is 0.307 e. The van der Waals surface area contributed by atoms with Crippen molar-refractivity contribution < 1.29 is 27.2 Å². The number of alkyl halides is 3. The van der Waals surface area contributed by atoms with Gasteiger partial charge in [0.15, 0.2) is 0 Å². The largest absolute Gasteiger partial charge is 0.417 e. The van der Waals surface area contributed by atoms with Gasteiger partial charge in [0, 0.05) is 4.47 Å². The molecule has 0 heterocycles. The molecule has 0 aliphatic heterocycles. The zero-order valence-electron chi connectivity index (χ0n) is 12.0. The number of benzene rings is 2. The van der Waals surface area contributed by atoms with Crippen molar-refractivity contribution in [1.29, 1.82) is 0 Å². The predicted octanol–water partition coefficient (Wildman–Crippen LogP) is 5.22. The molecule has 132 valence electrons. The first kappa shape index (κ1) is 19.2. The van der Waals surface area contributed by atoms with Crippen molar-refractivity contribution in [2.45, 2.75) is 6.18 Å². The summed E-state index contributed by atoms with van der Waals surface area (Å²) in [5.41, 5.74) is -1.81. The number of carbonyl (C=O) groups excluding carboxylic acids is 2. The molecule has 4 nitrogen and oxygen atoms in total. The van der Waals surface area contributed by atoms with E-state index in [1.54, 1.807) is 0 Å². The van der Waals surface area contributed by atoms with E-state index in [9.17, 15) is 27.2 Å². The highest BCUT2D eigenvalue weighted by molar-refractivity contribution is 9.10. The minimum atomic E-state index is -4.73. The van der Waals surface area contributed by atoms with E-state index < -0.39 is 34.5 Å². The van der Waals surface area contributed by atoms with Crippen molar-refractivity contribution in [1.82, 2.24) is 5.32 Å². The van der Waals surface area contributed by atoms with Crippen LogP contribution in [0.1, 0.15) is 15.9 Å². The third-order valence-electron chi connectivity index (χ3n) is 2.96. The summed E-state index contributed by atoms with van der Waals surface area (Å²) in [6.45, 7) is 0. The molecule has 0 atom stereocenters. The van der Waals surface area contributed by atoms with E-state index in [0.29, 0.717) is 6.07 Å². The van der Waals surface area contributed by atoms with Crippen molar-refractivity contribution in [2.75, 3.05) is 5.32 Å². The quantitative estimate of drug-likeness (QED) is 0.630. The highest BCUT2D eigenvalue weighted by Gasteiger charge is 2.34. The number of nitrogens with one attached hydrogen (secondary N) is 2. The molecule has 2 rings (SSSR count). The molecule has 2 N–H and O–H groups in total. The minimum absolute atomic E-state index is 0.0685. The molecule has 2 aromatic rings. The lowest BCUT2D eigenvalue weighted by Gasteiger charge is -2.14. The summed E-state index contributed by atoms with van der Waals surface area (Å²) >= 11 is 8.49. The predicted molar refractivity (Wildman–Crippen MR) is 87.0 cm³/mol. The van der Waals surface area contributed by atoms with E-state index >= 15 is 0 Å². The second-order valence-electron chi connectivity index (χ2n) is 4.70. The van der Waals surface area contributed by atoms with Gasteiger partial charge in [0.05, 0.1) is 21.8 Å². The lowest BCUT2D eigenvalue weighted by molar-refractivity contribution is -0.137. The molecule has 0 fully saturated rings. The second kappa shape index (κ2) is 7.40. The van der Waals surface area contributed by atoms with E-state index in [-0.39, 0.29) is 15.7 Å². The SMILES string of the molecule is O=C(NC(=O)c1ccccc1F)Nc1cc(C(F)(F)F)c(Cl)cc1Br. The lowest BCUT2D eigenvalue weighted by Crippen LogP contribution is -2.35. The zero-order valence-corrected chi connectivity index (χ0v) is 14.4. The molecule has 0 saturated carbocycles. The molecular formula is C15H8BrClF4N2O2. The number of carbonyl (C=O) groups is 2. The van der Waals surface area contributed by atoms with Crippen molar-refractivity contribution in [2.24, 2.45) is 0 Å². The first-order valence-corrected chi connectivity index (χ1v) is 7.70. The van der Waals surface area contributed by atoms with Gasteiger partial charge in [0.1, 0.15) is 5.82 Å². The van der Waals surface area contributed by atoms with Crippen LogP contribution in [0.5, 0.6) is 0 Å². The van der Waals surface area contributed by atoms with Gasteiger partial charge in [-0.3, -0.25) is 10.1 Å². The number of hydrogen-bond donors (Lipinski definition) is 2. The van der Waals surface area contributed by atoms with Gasteiger partial charge >= 0.3 is 12.2 Å². The summed E-state index contributed by atoms with van der Waals surface area (Å²) in [5, 5.41) is 3.33. The topological polar surface area (TPSA) is 58.2 Å². The Labute approximate surface area is 152 Å². The maximum Gasteiger partial charge on any atom is 0.417 e. The Kier molecular flexibility index (Phi) is 5.69. The third kappa shape index (κ3) is 4.70. The number of anilines is 1. The van der Waals surface area contributed by atoms with Crippen LogP contribution in [0.15, 0.2) is 40.9 Å². The van der Waals surface area contributed by atoms with Crippen LogP contribution in [0, 0.1) is 5.82 Å². The summed E-state index contributed by atoms with van der Waals surface area (Å²) in [6, 6.07) is 5.36. The van der Waals surface area contributed by atoms with Gasteiger partial charge in [-0.15, -0.1) is 0 Å². The van der Waals surface area contributed by atoms with Crippen molar-refractivity contribution >= 4 is 45.2 Å². The van der Waals surface area contributed by atoms with E-state index in [1.165, 1.54) is 12.1 Å². The molecule has 0 spiro atoms. The first-order chi connectivity index (χ1) is 11.6. The fourth-order valence-corrected chi connectivity index (χ4v) is 2.68. The van der Waals surface area contributed by atoms with Gasteiger partial charge in [-0.25, -0.2) is 9.18 Å². The maximum absolute atomic E-state index is 13.5. The van der Waals surface area contributed by atoms with Crippen LogP contribution in [-0.2, 0) is 6.18 Å². The molecule has 0 aliphatic carbocycles. The number of amides is 3. The standard InChI is InChI=1S/C15H8BrClF4N2O2/c16-9-6-10(17)8(15(19,20)21)5-12(9)22-14(25)23-13(24)7-3-1-2-4-11(7)18/h1-6H,(H2,22,23,24,25). The van der Waals surface area contributed by atoms with Gasteiger partial charge in [0.25, 0.3) is 5.91 Å². The molecule has 0 aromatic heterocycles. The maximum atomic E-state index is 13.5. The van der Waals surface area contributed by atoms with Gasteiger partial charge in [-0.2, -0.15) is 13.2 Å². The van der Waals surface area contributed by atoms with Gasteiger partial charge in [-0.05, 0) is 40.2 Å². The van der Waals surface area contributed by atoms with Crippen LogP contribution in [0.3, 0.4) is 0 Å². The summed E-state index contributed by atoms with van der Waals surface area (Å²) in [7, 11) is 0. The monoisotopic (exact) mass is 438 g/mol. The second-order valence-corrected chi connectivity index (χ2v) is 5.96. The summed E-state index contributed by atoms with van der Waals surface area (Å²) in [5.74, 6) is -1.89. The normalized spacial score (nSPS) is 11.1. The molecule has 10 heteroatoms. The number of halogens is 6. The van der Waals surface area contributed by atoms with Gasteiger partial charge < -0.3 is 5.32 Å². The average Bonchev–Trinajstić information content (AvgIpc) is 2.49. The molecule has 3 amide bonds. The molecule has 0 saturated heterocycles. The Hall–Kier alpha value is -2.13. The number of urea groups is 1. The molecule has 0 radical (unpaired) electrons. The van der Waals surface area contributed by atoms with Crippen LogP contribution in [0.2, 0.25) is 5.02 Å². The van der Waals surface area contributed by atoms with E-state index in [1.807, 2.05) is 5.32 Å². The minimum Gasteiger partial charge on any atom is -0.307 e. The Morgan fingerprint density at radius 3 is 2.36 bits per heavy atom. The van der Waals surface area contributed by atoms with Crippen LogP contribution in [0.4, 0.5) is 28.0 Å². The average molecular weight is 440 g/mol. The third-order valence-corrected chi connectivity index (χ3v) is 3.92. The van der Waals surface area contributed by atoms with Crippen LogP contribution in [0.25, 0.3) is 0 Å². The molecule has 2 aromatic carbocycles. The Morgan fingerprint density at radius 2 is 1.76 bits per heavy atom. The molecule has 0 bridgehead atoms. The molecule has 0 unspecified atom stereocenters. The Morgan fingerprint density at radius 1 is 1.12 bits per heavy atom. The zero-order chi connectivity index (χ0) is 18.8. The molecular weight excluding hydrogens is 432 g/mol. The van der Waals surface area contributed by atoms with Crippen LogP contribution >= 0.6 is 27.5 Å². The summed E-state index contributed by atoms with van der Waals surface area (Å²) in [4.78, 5) is 23.6. The first-order valence-electron chi connectivity index (χ1n) is 6.52. The summed E-state index contributed by atoms with van der Waals surface area (Å²) in [6.07, 6.45) is -4.73. The Bertz CT molecular complexity index is 843. The molecule has 0 aliphatic rings. The van der Waals surface area contributed by atoms with Crippen molar-refractivity contribution in [3.63, 3.8) is 0 Å². The lowest BCUT2D eigenvalue weighted by atomic mass is 10.2. The van der Waals surface area contributed by atoms with E-state index in [2.05, 4.69) is 21.2 Å².